The Bertz CT molecular complexity index is 250. The Morgan fingerprint density at radius 1 is 1.55 bits per heavy atom. The second-order valence-electron chi connectivity index (χ2n) is 3.14. The molecule has 0 unspecified atom stereocenters. The molecule has 0 fully saturated rings. The Hall–Kier alpha value is -0.890. The van der Waals surface area contributed by atoms with E-state index in [1.807, 2.05) is 13.8 Å². The van der Waals surface area contributed by atoms with Crippen molar-refractivity contribution < 1.29 is 4.39 Å². The summed E-state index contributed by atoms with van der Waals surface area (Å²) in [5.41, 5.74) is 5.91. The predicted molar refractivity (Wildman–Crippen MR) is 42.4 cm³/mol. The fraction of sp³-hybridized carbons (Fsp3) is 0.333. The van der Waals surface area contributed by atoms with Crippen LogP contribution in [0.1, 0.15) is 19.4 Å². The van der Waals surface area contributed by atoms with E-state index in [9.17, 15) is 4.39 Å². The molecule has 59 valence electrons. The summed E-state index contributed by atoms with van der Waals surface area (Å²) in [5, 5.41) is 0. The molecule has 1 nitrogen and oxygen atoms in total. The van der Waals surface area contributed by atoms with Crippen LogP contribution in [0.15, 0.2) is 18.2 Å². The lowest BCUT2D eigenvalue weighted by Crippen LogP contribution is -2.28. The zero-order valence-corrected chi connectivity index (χ0v) is 6.69. The molecule has 0 aliphatic heterocycles. The molecule has 0 atom stereocenters. The molecule has 0 aliphatic carbocycles. The summed E-state index contributed by atoms with van der Waals surface area (Å²) in [6.07, 6.45) is 0. The summed E-state index contributed by atoms with van der Waals surface area (Å²) in [5.74, 6) is -0.266. The van der Waals surface area contributed by atoms with Crippen molar-refractivity contribution in [1.29, 1.82) is 0 Å². The van der Waals surface area contributed by atoms with Crippen molar-refractivity contribution in [2.75, 3.05) is 0 Å². The summed E-state index contributed by atoms with van der Waals surface area (Å²) in [6, 6.07) is 7.18. The zero-order valence-electron chi connectivity index (χ0n) is 6.69. The largest absolute Gasteiger partial charge is 0.322 e. The van der Waals surface area contributed by atoms with Gasteiger partial charge in [0, 0.05) is 5.54 Å². The minimum atomic E-state index is -0.512. The smallest absolute Gasteiger partial charge is 0.123 e. The first-order valence-electron chi connectivity index (χ1n) is 3.47. The van der Waals surface area contributed by atoms with Crippen LogP contribution in [-0.2, 0) is 5.54 Å². The van der Waals surface area contributed by atoms with Crippen LogP contribution in [0.25, 0.3) is 0 Å². The number of hydrogen-bond acceptors (Lipinski definition) is 1. The van der Waals surface area contributed by atoms with Gasteiger partial charge in [-0.3, -0.25) is 0 Å². The first-order chi connectivity index (χ1) is 5.00. The molecule has 0 bridgehead atoms. The lowest BCUT2D eigenvalue weighted by molar-refractivity contribution is 0.542. The maximum atomic E-state index is 12.6. The molecular formula is C9H11FN. The number of nitrogens with two attached hydrogens (primary N) is 1. The van der Waals surface area contributed by atoms with E-state index in [0.29, 0.717) is 5.56 Å². The molecule has 0 saturated carbocycles. The molecule has 2 N–H and O–H groups in total. The lowest BCUT2D eigenvalue weighted by Gasteiger charge is -2.18. The van der Waals surface area contributed by atoms with Crippen LogP contribution in [-0.4, -0.2) is 0 Å². The van der Waals surface area contributed by atoms with Crippen molar-refractivity contribution in [3.05, 3.63) is 35.6 Å². The van der Waals surface area contributed by atoms with E-state index in [0.717, 1.165) is 0 Å². The van der Waals surface area contributed by atoms with Crippen LogP contribution in [0.2, 0.25) is 0 Å². The third-order valence-corrected chi connectivity index (χ3v) is 1.46. The summed E-state index contributed by atoms with van der Waals surface area (Å²) < 4.78 is 12.6. The van der Waals surface area contributed by atoms with Gasteiger partial charge >= 0.3 is 0 Å². The van der Waals surface area contributed by atoms with Crippen molar-refractivity contribution in [3.63, 3.8) is 0 Å². The normalized spacial score (nSPS) is 11.6. The van der Waals surface area contributed by atoms with Gasteiger partial charge in [0.15, 0.2) is 0 Å². The molecule has 0 heterocycles. The molecule has 1 rings (SSSR count). The van der Waals surface area contributed by atoms with Gasteiger partial charge in [0.1, 0.15) is 5.82 Å². The van der Waals surface area contributed by atoms with Gasteiger partial charge in [-0.2, -0.15) is 0 Å². The molecule has 11 heavy (non-hydrogen) atoms. The third kappa shape index (κ3) is 2.02. The van der Waals surface area contributed by atoms with E-state index in [1.165, 1.54) is 12.1 Å². The van der Waals surface area contributed by atoms with Gasteiger partial charge in [-0.1, -0.05) is 6.07 Å². The van der Waals surface area contributed by atoms with Gasteiger partial charge in [0.2, 0.25) is 0 Å². The standard InChI is InChI=1S/C9H11FN/c1-9(2,11)7-4-3-5-8(10)6-7/h3,5-6H,11H2,1-2H3. The minimum Gasteiger partial charge on any atom is -0.322 e. The number of halogens is 1. The van der Waals surface area contributed by atoms with Crippen LogP contribution in [0.5, 0.6) is 0 Å². The van der Waals surface area contributed by atoms with Crippen LogP contribution >= 0.6 is 0 Å². The van der Waals surface area contributed by atoms with E-state index in [1.54, 1.807) is 6.07 Å². The first-order valence-corrected chi connectivity index (χ1v) is 3.47. The highest BCUT2D eigenvalue weighted by Crippen LogP contribution is 2.16. The molecule has 2 heteroatoms. The highest BCUT2D eigenvalue weighted by atomic mass is 19.1. The minimum absolute atomic E-state index is 0.266. The van der Waals surface area contributed by atoms with E-state index >= 15 is 0 Å². The highest BCUT2D eigenvalue weighted by molar-refractivity contribution is 5.21. The Balaban J connectivity index is 3.06. The quantitative estimate of drug-likeness (QED) is 0.652. The van der Waals surface area contributed by atoms with Gasteiger partial charge in [-0.15, -0.1) is 0 Å². The van der Waals surface area contributed by atoms with Gasteiger partial charge in [-0.05, 0) is 37.6 Å². The zero-order chi connectivity index (χ0) is 8.48. The van der Waals surface area contributed by atoms with E-state index in [-0.39, 0.29) is 5.82 Å². The number of rotatable bonds is 1. The van der Waals surface area contributed by atoms with Crippen molar-refractivity contribution in [1.82, 2.24) is 0 Å². The summed E-state index contributed by atoms with van der Waals surface area (Å²) in [7, 11) is 0. The second kappa shape index (κ2) is 2.62. The Kier molecular flexibility index (Phi) is 1.96. The molecule has 1 aromatic carbocycles. The Labute approximate surface area is 66.0 Å². The molecular weight excluding hydrogens is 141 g/mol. The number of hydrogen-bond donors (Lipinski definition) is 1. The molecule has 1 aromatic rings. The Morgan fingerprint density at radius 2 is 2.18 bits per heavy atom. The van der Waals surface area contributed by atoms with E-state index < -0.39 is 5.54 Å². The van der Waals surface area contributed by atoms with Crippen LogP contribution in [0, 0.1) is 11.9 Å². The summed E-state index contributed by atoms with van der Waals surface area (Å²) in [6.45, 7) is 3.64. The van der Waals surface area contributed by atoms with Gasteiger partial charge in [0.25, 0.3) is 0 Å². The van der Waals surface area contributed by atoms with E-state index in [4.69, 9.17) is 5.73 Å². The van der Waals surface area contributed by atoms with Crippen molar-refractivity contribution in [2.24, 2.45) is 5.73 Å². The molecule has 0 saturated heterocycles. The van der Waals surface area contributed by atoms with Gasteiger partial charge in [-0.25, -0.2) is 4.39 Å². The fourth-order valence-electron chi connectivity index (χ4n) is 0.811. The van der Waals surface area contributed by atoms with Crippen LogP contribution in [0.4, 0.5) is 4.39 Å². The van der Waals surface area contributed by atoms with Crippen LogP contribution < -0.4 is 5.73 Å². The second-order valence-corrected chi connectivity index (χ2v) is 3.14. The molecule has 0 aliphatic rings. The molecule has 0 spiro atoms. The molecule has 0 aromatic heterocycles. The average Bonchev–Trinajstić information content (AvgIpc) is 1.86. The topological polar surface area (TPSA) is 26.0 Å². The van der Waals surface area contributed by atoms with Crippen molar-refractivity contribution >= 4 is 0 Å². The predicted octanol–water partition coefficient (Wildman–Crippen LogP) is 1.82. The van der Waals surface area contributed by atoms with Gasteiger partial charge in [0.05, 0.1) is 0 Å². The first kappa shape index (κ1) is 8.21. The lowest BCUT2D eigenvalue weighted by atomic mass is 9.96. The fourth-order valence-corrected chi connectivity index (χ4v) is 0.811. The summed E-state index contributed by atoms with van der Waals surface area (Å²) in [4.78, 5) is 0. The molecule has 0 amide bonds. The maximum absolute atomic E-state index is 12.6. The highest BCUT2D eigenvalue weighted by Gasteiger charge is 2.13. The van der Waals surface area contributed by atoms with Crippen molar-refractivity contribution in [3.8, 4) is 0 Å². The SMILES string of the molecule is CC(C)(N)c1[c]ccc(F)c1. The molecule has 1 radical (unpaired) electrons. The van der Waals surface area contributed by atoms with Gasteiger partial charge < -0.3 is 5.73 Å². The average molecular weight is 152 g/mol. The monoisotopic (exact) mass is 152 g/mol. The van der Waals surface area contributed by atoms with E-state index in [2.05, 4.69) is 6.07 Å². The Morgan fingerprint density at radius 3 is 2.55 bits per heavy atom. The van der Waals surface area contributed by atoms with Crippen molar-refractivity contribution in [2.45, 2.75) is 19.4 Å². The van der Waals surface area contributed by atoms with Crippen LogP contribution in [0.3, 0.4) is 0 Å². The number of benzene rings is 1. The summed E-state index contributed by atoms with van der Waals surface area (Å²) >= 11 is 0. The maximum Gasteiger partial charge on any atom is 0.123 e. The third-order valence-electron chi connectivity index (χ3n) is 1.46.